The quantitative estimate of drug-likeness (QED) is 0.681. The molecule has 0 aromatic heterocycles. The van der Waals surface area contributed by atoms with Crippen molar-refractivity contribution in [2.75, 3.05) is 34.2 Å². The predicted molar refractivity (Wildman–Crippen MR) is 94.3 cm³/mol. The van der Waals surface area contributed by atoms with Gasteiger partial charge in [-0.25, -0.2) is 4.99 Å². The van der Waals surface area contributed by atoms with E-state index in [1.54, 1.807) is 0 Å². The highest BCUT2D eigenvalue weighted by molar-refractivity contribution is 5.85. The van der Waals surface area contributed by atoms with E-state index in [0.717, 1.165) is 29.9 Å². The molecular formula is C18H24N4. The van der Waals surface area contributed by atoms with Crippen molar-refractivity contribution < 1.29 is 0 Å². The molecule has 0 fully saturated rings. The number of likely N-dealkylation sites (N-methyl/N-ethyl adjacent to an activating group) is 2. The maximum absolute atomic E-state index is 6.14. The molecule has 116 valence electrons. The first-order valence-corrected chi connectivity index (χ1v) is 7.42. The summed E-state index contributed by atoms with van der Waals surface area (Å²) in [6.45, 7) is 1.78. The van der Waals surface area contributed by atoms with Gasteiger partial charge in [-0.15, -0.1) is 0 Å². The van der Waals surface area contributed by atoms with Gasteiger partial charge in [-0.3, -0.25) is 0 Å². The Labute approximate surface area is 132 Å². The molecule has 0 unspecified atom stereocenters. The second-order valence-corrected chi connectivity index (χ2v) is 5.58. The van der Waals surface area contributed by atoms with Gasteiger partial charge < -0.3 is 15.5 Å². The minimum Gasteiger partial charge on any atom is -0.369 e. The number of rotatable bonds is 5. The zero-order valence-electron chi connectivity index (χ0n) is 13.5. The van der Waals surface area contributed by atoms with Crippen molar-refractivity contribution in [1.29, 1.82) is 0 Å². The molecule has 2 aromatic carbocycles. The monoisotopic (exact) mass is 296 g/mol. The van der Waals surface area contributed by atoms with Crippen LogP contribution < -0.4 is 5.73 Å². The van der Waals surface area contributed by atoms with Crippen LogP contribution in [0.15, 0.2) is 59.6 Å². The van der Waals surface area contributed by atoms with Gasteiger partial charge >= 0.3 is 0 Å². The van der Waals surface area contributed by atoms with Gasteiger partial charge in [0.2, 0.25) is 0 Å². The molecule has 0 radical (unpaired) electrons. The topological polar surface area (TPSA) is 44.9 Å². The minimum absolute atomic E-state index is 0.533. The summed E-state index contributed by atoms with van der Waals surface area (Å²) in [6.07, 6.45) is 0. The Morgan fingerprint density at radius 3 is 2.23 bits per heavy atom. The van der Waals surface area contributed by atoms with E-state index in [0.29, 0.717) is 5.96 Å². The minimum atomic E-state index is 0.533. The van der Waals surface area contributed by atoms with Gasteiger partial charge in [0.15, 0.2) is 5.96 Å². The van der Waals surface area contributed by atoms with Crippen LogP contribution in [-0.2, 0) is 0 Å². The number of para-hydroxylation sites is 1. The lowest BCUT2D eigenvalue weighted by molar-refractivity contribution is 0.355. The molecule has 2 N–H and O–H groups in total. The molecule has 2 rings (SSSR count). The lowest BCUT2D eigenvalue weighted by Gasteiger charge is -2.20. The second kappa shape index (κ2) is 7.61. The number of hydrogen-bond donors (Lipinski definition) is 1. The maximum atomic E-state index is 6.14. The third-order valence-corrected chi connectivity index (χ3v) is 3.50. The molecule has 0 saturated heterocycles. The highest BCUT2D eigenvalue weighted by Gasteiger charge is 2.06. The SMILES string of the molecule is CN(C)CCN(C)C(N)=Nc1ccccc1-c1ccccc1. The number of nitrogens with zero attached hydrogens (tertiary/aromatic N) is 3. The fourth-order valence-corrected chi connectivity index (χ4v) is 2.11. The summed E-state index contributed by atoms with van der Waals surface area (Å²) in [5.74, 6) is 0.533. The van der Waals surface area contributed by atoms with Crippen LogP contribution in [-0.4, -0.2) is 50.0 Å². The Morgan fingerprint density at radius 2 is 1.55 bits per heavy atom. The number of aliphatic imine (C=N–C) groups is 1. The van der Waals surface area contributed by atoms with Crippen molar-refractivity contribution in [2.45, 2.75) is 0 Å². The van der Waals surface area contributed by atoms with Gasteiger partial charge in [0.1, 0.15) is 0 Å². The van der Waals surface area contributed by atoms with Crippen LogP contribution >= 0.6 is 0 Å². The zero-order valence-corrected chi connectivity index (χ0v) is 13.5. The third-order valence-electron chi connectivity index (χ3n) is 3.50. The molecule has 22 heavy (non-hydrogen) atoms. The van der Waals surface area contributed by atoms with E-state index in [2.05, 4.69) is 28.1 Å². The van der Waals surface area contributed by atoms with E-state index in [1.807, 2.05) is 62.4 Å². The number of hydrogen-bond acceptors (Lipinski definition) is 2. The van der Waals surface area contributed by atoms with Crippen molar-refractivity contribution in [1.82, 2.24) is 9.80 Å². The van der Waals surface area contributed by atoms with Crippen LogP contribution in [0.2, 0.25) is 0 Å². The third kappa shape index (κ3) is 4.33. The van der Waals surface area contributed by atoms with E-state index < -0.39 is 0 Å². The molecule has 2 aromatic rings. The first kappa shape index (κ1) is 16.0. The van der Waals surface area contributed by atoms with Crippen LogP contribution in [0, 0.1) is 0 Å². The van der Waals surface area contributed by atoms with Gasteiger partial charge in [0.05, 0.1) is 5.69 Å². The summed E-state index contributed by atoms with van der Waals surface area (Å²) in [5, 5.41) is 0. The Balaban J connectivity index is 2.24. The number of benzene rings is 2. The van der Waals surface area contributed by atoms with Crippen LogP contribution in [0.1, 0.15) is 0 Å². The maximum Gasteiger partial charge on any atom is 0.196 e. The van der Waals surface area contributed by atoms with E-state index >= 15 is 0 Å². The fraction of sp³-hybridized carbons (Fsp3) is 0.278. The standard InChI is InChI=1S/C18H24N4/c1-21(2)13-14-22(3)18(19)20-17-12-8-7-11-16(17)15-9-5-4-6-10-15/h4-12H,13-14H2,1-3H3,(H2,19,20). The number of nitrogens with two attached hydrogens (primary N) is 1. The molecule has 4 nitrogen and oxygen atoms in total. The van der Waals surface area contributed by atoms with Gasteiger partial charge in [-0.2, -0.15) is 0 Å². The second-order valence-electron chi connectivity index (χ2n) is 5.58. The molecule has 0 atom stereocenters. The van der Waals surface area contributed by atoms with Gasteiger partial charge in [0.25, 0.3) is 0 Å². The molecule has 4 heteroatoms. The lowest BCUT2D eigenvalue weighted by Crippen LogP contribution is -2.38. The Morgan fingerprint density at radius 1 is 0.909 bits per heavy atom. The molecule has 0 bridgehead atoms. The van der Waals surface area contributed by atoms with Crippen LogP contribution in [0.5, 0.6) is 0 Å². The average molecular weight is 296 g/mol. The summed E-state index contributed by atoms with van der Waals surface area (Å²) in [7, 11) is 6.06. The van der Waals surface area contributed by atoms with Gasteiger partial charge in [0, 0.05) is 25.7 Å². The van der Waals surface area contributed by atoms with Crippen LogP contribution in [0.25, 0.3) is 11.1 Å². The highest BCUT2D eigenvalue weighted by Crippen LogP contribution is 2.29. The first-order valence-electron chi connectivity index (χ1n) is 7.42. The van der Waals surface area contributed by atoms with E-state index in [1.165, 1.54) is 0 Å². The Hall–Kier alpha value is -2.33. The largest absolute Gasteiger partial charge is 0.369 e. The van der Waals surface area contributed by atoms with Crippen molar-refractivity contribution in [3.05, 3.63) is 54.6 Å². The van der Waals surface area contributed by atoms with Gasteiger partial charge in [-0.05, 0) is 25.7 Å². The molecule has 0 saturated carbocycles. The van der Waals surface area contributed by atoms with Crippen LogP contribution in [0.3, 0.4) is 0 Å². The summed E-state index contributed by atoms with van der Waals surface area (Å²) < 4.78 is 0. The van der Waals surface area contributed by atoms with Crippen molar-refractivity contribution in [3.63, 3.8) is 0 Å². The predicted octanol–water partition coefficient (Wildman–Crippen LogP) is 2.79. The zero-order chi connectivity index (χ0) is 15.9. The van der Waals surface area contributed by atoms with E-state index in [4.69, 9.17) is 5.73 Å². The smallest absolute Gasteiger partial charge is 0.196 e. The fourth-order valence-electron chi connectivity index (χ4n) is 2.11. The van der Waals surface area contributed by atoms with Crippen molar-refractivity contribution in [2.24, 2.45) is 10.7 Å². The summed E-state index contributed by atoms with van der Waals surface area (Å²) in [6, 6.07) is 18.3. The van der Waals surface area contributed by atoms with Crippen LogP contribution in [0.4, 0.5) is 5.69 Å². The Kier molecular flexibility index (Phi) is 5.55. The molecule has 0 amide bonds. The number of guanidine groups is 1. The summed E-state index contributed by atoms with van der Waals surface area (Å²) >= 11 is 0. The molecule has 0 aliphatic heterocycles. The molecule has 0 aliphatic rings. The highest BCUT2D eigenvalue weighted by atomic mass is 15.2. The van der Waals surface area contributed by atoms with Crippen molar-refractivity contribution >= 4 is 11.6 Å². The average Bonchev–Trinajstić information content (AvgIpc) is 2.53. The molecular weight excluding hydrogens is 272 g/mol. The van der Waals surface area contributed by atoms with E-state index in [9.17, 15) is 0 Å². The Bertz CT molecular complexity index is 620. The lowest BCUT2D eigenvalue weighted by atomic mass is 10.0. The molecule has 0 heterocycles. The van der Waals surface area contributed by atoms with Gasteiger partial charge in [-0.1, -0.05) is 48.5 Å². The normalized spacial score (nSPS) is 11.7. The molecule has 0 spiro atoms. The first-order chi connectivity index (χ1) is 10.6. The van der Waals surface area contributed by atoms with Crippen molar-refractivity contribution in [3.8, 4) is 11.1 Å². The summed E-state index contributed by atoms with van der Waals surface area (Å²) in [5.41, 5.74) is 9.27. The molecule has 0 aliphatic carbocycles. The summed E-state index contributed by atoms with van der Waals surface area (Å²) in [4.78, 5) is 8.72. The van der Waals surface area contributed by atoms with E-state index in [-0.39, 0.29) is 0 Å².